The summed E-state index contributed by atoms with van der Waals surface area (Å²) in [5.74, 6) is 2.56. The van der Waals surface area contributed by atoms with Crippen LogP contribution in [0.25, 0.3) is 11.5 Å². The highest BCUT2D eigenvalue weighted by Crippen LogP contribution is 2.26. The highest BCUT2D eigenvalue weighted by atomic mass is 16.5. The van der Waals surface area contributed by atoms with Crippen molar-refractivity contribution in [2.45, 2.75) is 32.7 Å². The fraction of sp³-hybridized carbons (Fsp3) is 0.538. The van der Waals surface area contributed by atoms with Crippen molar-refractivity contribution in [3.63, 3.8) is 0 Å². The van der Waals surface area contributed by atoms with Crippen LogP contribution in [0.3, 0.4) is 0 Å². The molecular weight excluding hydrogens is 242 g/mol. The van der Waals surface area contributed by atoms with Gasteiger partial charge in [0.2, 0.25) is 11.7 Å². The van der Waals surface area contributed by atoms with E-state index in [0.29, 0.717) is 29.2 Å². The zero-order chi connectivity index (χ0) is 13.2. The summed E-state index contributed by atoms with van der Waals surface area (Å²) in [7, 11) is 0. The van der Waals surface area contributed by atoms with Crippen molar-refractivity contribution < 1.29 is 4.52 Å². The Morgan fingerprint density at radius 1 is 1.37 bits per heavy atom. The minimum atomic E-state index is 0.160. The first-order chi connectivity index (χ1) is 9.22. The van der Waals surface area contributed by atoms with E-state index in [2.05, 4.69) is 32.3 Å². The molecule has 2 aromatic heterocycles. The number of hydrogen-bond acceptors (Lipinski definition) is 6. The maximum Gasteiger partial charge on any atom is 0.244 e. The van der Waals surface area contributed by atoms with Crippen LogP contribution in [0.4, 0.5) is 0 Å². The van der Waals surface area contributed by atoms with Crippen LogP contribution >= 0.6 is 0 Å². The zero-order valence-electron chi connectivity index (χ0n) is 11.1. The lowest BCUT2D eigenvalue weighted by atomic mass is 9.94. The first-order valence-electron chi connectivity index (χ1n) is 6.59. The van der Waals surface area contributed by atoms with E-state index in [0.717, 1.165) is 13.0 Å². The molecule has 0 radical (unpaired) electrons. The number of aryl methyl sites for hydroxylation is 1. The highest BCUT2D eigenvalue weighted by Gasteiger charge is 2.25. The van der Waals surface area contributed by atoms with Crippen molar-refractivity contribution in [3.8, 4) is 11.5 Å². The van der Waals surface area contributed by atoms with Crippen molar-refractivity contribution in [1.29, 1.82) is 0 Å². The summed E-state index contributed by atoms with van der Waals surface area (Å²) in [5.41, 5.74) is 0.700. The van der Waals surface area contributed by atoms with E-state index < -0.39 is 0 Å². The number of nitrogens with one attached hydrogen (secondary N) is 1. The number of hydrogen-bond donors (Lipinski definition) is 1. The molecule has 1 aliphatic heterocycles. The molecule has 0 amide bonds. The van der Waals surface area contributed by atoms with Crippen LogP contribution < -0.4 is 5.32 Å². The summed E-state index contributed by atoms with van der Waals surface area (Å²) in [6.07, 6.45) is 3.93. The van der Waals surface area contributed by atoms with Gasteiger partial charge in [-0.2, -0.15) is 4.98 Å². The topological polar surface area (TPSA) is 76.7 Å². The molecule has 2 aromatic rings. The van der Waals surface area contributed by atoms with E-state index in [1.807, 2.05) is 6.92 Å². The Morgan fingerprint density at radius 3 is 3.05 bits per heavy atom. The van der Waals surface area contributed by atoms with Crippen molar-refractivity contribution in [2.75, 3.05) is 6.54 Å². The number of rotatable bonds is 2. The fourth-order valence-corrected chi connectivity index (χ4v) is 2.36. The molecule has 6 nitrogen and oxygen atoms in total. The van der Waals surface area contributed by atoms with E-state index in [-0.39, 0.29) is 6.04 Å². The number of aromatic nitrogens is 4. The molecule has 0 bridgehead atoms. The Balaban J connectivity index is 1.83. The predicted molar refractivity (Wildman–Crippen MR) is 69.2 cm³/mol. The van der Waals surface area contributed by atoms with Gasteiger partial charge in [-0.25, -0.2) is 9.97 Å². The van der Waals surface area contributed by atoms with Crippen LogP contribution in [-0.2, 0) is 0 Å². The van der Waals surface area contributed by atoms with Gasteiger partial charge in [-0.05, 0) is 38.3 Å². The summed E-state index contributed by atoms with van der Waals surface area (Å²) in [5, 5.41) is 7.42. The zero-order valence-corrected chi connectivity index (χ0v) is 11.1. The third-order valence-corrected chi connectivity index (χ3v) is 3.41. The van der Waals surface area contributed by atoms with Gasteiger partial charge in [0, 0.05) is 6.20 Å². The Bertz CT molecular complexity index is 568. The minimum absolute atomic E-state index is 0.160. The van der Waals surface area contributed by atoms with E-state index >= 15 is 0 Å². The molecule has 0 aliphatic carbocycles. The van der Waals surface area contributed by atoms with Crippen LogP contribution in [0.2, 0.25) is 0 Å². The molecule has 0 spiro atoms. The Labute approximate surface area is 111 Å². The molecule has 19 heavy (non-hydrogen) atoms. The van der Waals surface area contributed by atoms with E-state index in [1.165, 1.54) is 6.42 Å². The molecule has 1 aliphatic rings. The maximum absolute atomic E-state index is 5.36. The quantitative estimate of drug-likeness (QED) is 0.887. The third-order valence-electron chi connectivity index (χ3n) is 3.41. The summed E-state index contributed by atoms with van der Waals surface area (Å²) in [4.78, 5) is 12.8. The van der Waals surface area contributed by atoms with Gasteiger partial charge in [-0.15, -0.1) is 0 Å². The molecule has 1 fully saturated rings. The van der Waals surface area contributed by atoms with Gasteiger partial charge < -0.3 is 9.84 Å². The molecule has 6 heteroatoms. The second-order valence-electron chi connectivity index (χ2n) is 5.08. The molecule has 1 saturated heterocycles. The van der Waals surface area contributed by atoms with Gasteiger partial charge in [0.1, 0.15) is 11.5 Å². The Morgan fingerprint density at radius 2 is 2.26 bits per heavy atom. The van der Waals surface area contributed by atoms with E-state index in [1.54, 1.807) is 12.3 Å². The molecule has 3 heterocycles. The van der Waals surface area contributed by atoms with Gasteiger partial charge in [-0.3, -0.25) is 0 Å². The molecule has 0 saturated carbocycles. The van der Waals surface area contributed by atoms with Crippen molar-refractivity contribution in [2.24, 2.45) is 5.92 Å². The van der Waals surface area contributed by atoms with Crippen LogP contribution in [0.1, 0.15) is 37.5 Å². The second kappa shape index (κ2) is 5.05. The smallest absolute Gasteiger partial charge is 0.244 e. The summed E-state index contributed by atoms with van der Waals surface area (Å²) in [6.45, 7) is 5.09. The normalized spacial score (nSPS) is 23.5. The maximum atomic E-state index is 5.36. The third kappa shape index (κ3) is 2.63. The molecule has 100 valence electrons. The molecule has 3 rings (SSSR count). The van der Waals surface area contributed by atoms with Crippen molar-refractivity contribution in [1.82, 2.24) is 25.4 Å². The fourth-order valence-electron chi connectivity index (χ4n) is 2.36. The Hall–Kier alpha value is -1.82. The lowest BCUT2D eigenvalue weighted by Gasteiger charge is -2.25. The van der Waals surface area contributed by atoms with Gasteiger partial charge in [-0.1, -0.05) is 12.1 Å². The first kappa shape index (κ1) is 12.2. The standard InChI is InChI=1S/C13H17N5O/c1-8-3-5-15-11(7-8)13-17-12(18-19-13)10-4-6-14-9(2)16-10/h4,6,8,11,15H,3,5,7H2,1-2H3. The van der Waals surface area contributed by atoms with E-state index in [4.69, 9.17) is 4.52 Å². The molecular formula is C13H17N5O. The SMILES string of the molecule is Cc1nccc(-c2noc(C3CC(C)CCN3)n2)n1. The summed E-state index contributed by atoms with van der Waals surface area (Å²) >= 11 is 0. The lowest BCUT2D eigenvalue weighted by Crippen LogP contribution is -2.30. The largest absolute Gasteiger partial charge is 0.337 e. The van der Waals surface area contributed by atoms with Gasteiger partial charge >= 0.3 is 0 Å². The monoisotopic (exact) mass is 259 g/mol. The van der Waals surface area contributed by atoms with Crippen molar-refractivity contribution in [3.05, 3.63) is 24.0 Å². The van der Waals surface area contributed by atoms with Gasteiger partial charge in [0.25, 0.3) is 0 Å². The van der Waals surface area contributed by atoms with Gasteiger partial charge in [0.15, 0.2) is 0 Å². The van der Waals surface area contributed by atoms with Gasteiger partial charge in [0.05, 0.1) is 6.04 Å². The van der Waals surface area contributed by atoms with Crippen LogP contribution in [0, 0.1) is 12.8 Å². The predicted octanol–water partition coefficient (Wildman–Crippen LogP) is 1.90. The molecule has 0 aromatic carbocycles. The lowest BCUT2D eigenvalue weighted by molar-refractivity contribution is 0.260. The Kier molecular flexibility index (Phi) is 3.25. The average Bonchev–Trinajstić information content (AvgIpc) is 2.88. The highest BCUT2D eigenvalue weighted by molar-refractivity contribution is 5.47. The molecule has 2 unspecified atom stereocenters. The number of piperidine rings is 1. The first-order valence-corrected chi connectivity index (χ1v) is 6.59. The van der Waals surface area contributed by atoms with Crippen LogP contribution in [0.15, 0.2) is 16.8 Å². The molecule has 1 N–H and O–H groups in total. The van der Waals surface area contributed by atoms with E-state index in [9.17, 15) is 0 Å². The van der Waals surface area contributed by atoms with Crippen LogP contribution in [0.5, 0.6) is 0 Å². The second-order valence-corrected chi connectivity index (χ2v) is 5.08. The molecule has 2 atom stereocenters. The summed E-state index contributed by atoms with van der Waals surface area (Å²) in [6, 6.07) is 1.95. The van der Waals surface area contributed by atoms with Crippen molar-refractivity contribution >= 4 is 0 Å². The average molecular weight is 259 g/mol. The minimum Gasteiger partial charge on any atom is -0.337 e. The number of nitrogens with zero attached hydrogens (tertiary/aromatic N) is 4. The summed E-state index contributed by atoms with van der Waals surface area (Å²) < 4.78 is 5.36. The van der Waals surface area contributed by atoms with Crippen LogP contribution in [-0.4, -0.2) is 26.7 Å².